The molecule has 0 saturated heterocycles. The van der Waals surface area contributed by atoms with Crippen molar-refractivity contribution in [2.75, 3.05) is 20.2 Å². The van der Waals surface area contributed by atoms with E-state index >= 15 is 0 Å². The Morgan fingerprint density at radius 3 is 2.84 bits per heavy atom. The highest BCUT2D eigenvalue weighted by molar-refractivity contribution is 14.0. The van der Waals surface area contributed by atoms with Gasteiger partial charge in [0.1, 0.15) is 12.4 Å². The molecule has 0 fully saturated rings. The van der Waals surface area contributed by atoms with Crippen molar-refractivity contribution in [3.63, 3.8) is 0 Å². The standard InChI is InChI=1S/C18H25N5O.HI/c1-4-11-24-17-8-6-5-7-16(17)13-21-18(19-2)20-10-9-15-12-22-23(3)14-15;/h4-8,12,14H,1,9-11,13H2,2-3H3,(H2,19,20,21);1H. The van der Waals surface area contributed by atoms with Gasteiger partial charge in [-0.3, -0.25) is 9.67 Å². The second-order valence-electron chi connectivity index (χ2n) is 5.33. The van der Waals surface area contributed by atoms with Crippen LogP contribution in [0.25, 0.3) is 0 Å². The van der Waals surface area contributed by atoms with Gasteiger partial charge >= 0.3 is 0 Å². The van der Waals surface area contributed by atoms with Gasteiger partial charge in [-0.1, -0.05) is 30.9 Å². The monoisotopic (exact) mass is 455 g/mol. The van der Waals surface area contributed by atoms with Gasteiger partial charge in [0.15, 0.2) is 5.96 Å². The summed E-state index contributed by atoms with van der Waals surface area (Å²) in [5, 5.41) is 10.8. The van der Waals surface area contributed by atoms with Crippen LogP contribution >= 0.6 is 24.0 Å². The third kappa shape index (κ3) is 7.16. The van der Waals surface area contributed by atoms with Crippen molar-refractivity contribution in [3.05, 3.63) is 60.4 Å². The average molecular weight is 455 g/mol. The normalized spacial score (nSPS) is 10.7. The van der Waals surface area contributed by atoms with Crippen molar-refractivity contribution in [1.82, 2.24) is 20.4 Å². The Hall–Kier alpha value is -2.03. The molecule has 1 heterocycles. The van der Waals surface area contributed by atoms with E-state index in [9.17, 15) is 0 Å². The predicted octanol–water partition coefficient (Wildman–Crippen LogP) is 2.51. The van der Waals surface area contributed by atoms with Crippen molar-refractivity contribution >= 4 is 29.9 Å². The third-order valence-electron chi connectivity index (χ3n) is 3.46. The molecule has 2 N–H and O–H groups in total. The molecule has 7 heteroatoms. The molecule has 136 valence electrons. The molecule has 2 rings (SSSR count). The number of benzene rings is 1. The number of nitrogens with zero attached hydrogens (tertiary/aromatic N) is 3. The topological polar surface area (TPSA) is 63.5 Å². The Balaban J connectivity index is 0.00000312. The van der Waals surface area contributed by atoms with Crippen LogP contribution in [0, 0.1) is 0 Å². The molecule has 0 saturated carbocycles. The summed E-state index contributed by atoms with van der Waals surface area (Å²) >= 11 is 0. The molecule has 1 aromatic carbocycles. The van der Waals surface area contributed by atoms with Crippen molar-refractivity contribution in [2.45, 2.75) is 13.0 Å². The van der Waals surface area contributed by atoms with E-state index < -0.39 is 0 Å². The predicted molar refractivity (Wildman–Crippen MR) is 113 cm³/mol. The van der Waals surface area contributed by atoms with Crippen LogP contribution in [-0.2, 0) is 20.0 Å². The maximum atomic E-state index is 5.67. The first-order valence-electron chi connectivity index (χ1n) is 7.96. The second kappa shape index (κ2) is 11.5. The molecular weight excluding hydrogens is 429 g/mol. The Morgan fingerprint density at radius 2 is 2.16 bits per heavy atom. The number of aryl methyl sites for hydroxylation is 1. The molecule has 0 aliphatic carbocycles. The number of aromatic nitrogens is 2. The minimum atomic E-state index is 0. The number of halogens is 1. The smallest absolute Gasteiger partial charge is 0.191 e. The number of guanidine groups is 1. The van der Waals surface area contributed by atoms with Crippen LogP contribution in [0.5, 0.6) is 5.75 Å². The zero-order valence-electron chi connectivity index (χ0n) is 14.7. The number of aliphatic imine (C=N–C) groups is 1. The molecule has 0 bridgehead atoms. The SMILES string of the molecule is C=CCOc1ccccc1CNC(=NC)NCCc1cnn(C)c1.I. The van der Waals surface area contributed by atoms with Gasteiger partial charge < -0.3 is 15.4 Å². The number of ether oxygens (including phenoxy) is 1. The van der Waals surface area contributed by atoms with E-state index in [1.165, 1.54) is 5.56 Å². The van der Waals surface area contributed by atoms with E-state index in [2.05, 4.69) is 27.3 Å². The van der Waals surface area contributed by atoms with Crippen LogP contribution in [0.3, 0.4) is 0 Å². The number of rotatable bonds is 8. The highest BCUT2D eigenvalue weighted by atomic mass is 127. The van der Waals surface area contributed by atoms with Crippen LogP contribution in [0.1, 0.15) is 11.1 Å². The van der Waals surface area contributed by atoms with Gasteiger partial charge in [0, 0.05) is 38.9 Å². The Bertz CT molecular complexity index is 684. The van der Waals surface area contributed by atoms with Gasteiger partial charge in [0.05, 0.1) is 6.20 Å². The summed E-state index contributed by atoms with van der Waals surface area (Å²) in [6.07, 6.45) is 6.53. The second-order valence-corrected chi connectivity index (χ2v) is 5.33. The van der Waals surface area contributed by atoms with Gasteiger partial charge in [0.2, 0.25) is 0 Å². The molecule has 0 spiro atoms. The quantitative estimate of drug-likeness (QED) is 0.278. The summed E-state index contributed by atoms with van der Waals surface area (Å²) < 4.78 is 7.47. The first-order valence-corrected chi connectivity index (χ1v) is 7.96. The van der Waals surface area contributed by atoms with Crippen LogP contribution in [0.15, 0.2) is 54.3 Å². The van der Waals surface area contributed by atoms with E-state index in [1.807, 2.05) is 48.4 Å². The third-order valence-corrected chi connectivity index (χ3v) is 3.46. The summed E-state index contributed by atoms with van der Waals surface area (Å²) in [6.45, 7) is 5.60. The molecule has 25 heavy (non-hydrogen) atoms. The number of nitrogens with one attached hydrogen (secondary N) is 2. The van der Waals surface area contributed by atoms with Gasteiger partial charge in [-0.25, -0.2) is 0 Å². The molecule has 0 aliphatic rings. The maximum Gasteiger partial charge on any atom is 0.191 e. The molecule has 0 atom stereocenters. The van der Waals surface area contributed by atoms with Crippen molar-refractivity contribution in [1.29, 1.82) is 0 Å². The minimum absolute atomic E-state index is 0. The van der Waals surface area contributed by atoms with Crippen LogP contribution in [0.4, 0.5) is 0 Å². The highest BCUT2D eigenvalue weighted by Gasteiger charge is 2.04. The summed E-state index contributed by atoms with van der Waals surface area (Å²) in [5.41, 5.74) is 2.28. The van der Waals surface area contributed by atoms with Gasteiger partial charge in [-0.15, -0.1) is 24.0 Å². The minimum Gasteiger partial charge on any atom is -0.489 e. The molecule has 2 aromatic rings. The Morgan fingerprint density at radius 1 is 1.36 bits per heavy atom. The molecule has 0 amide bonds. The molecule has 0 radical (unpaired) electrons. The molecular formula is C18H26IN5O. The first-order chi connectivity index (χ1) is 11.7. The Kier molecular flexibility index (Phi) is 9.68. The summed E-state index contributed by atoms with van der Waals surface area (Å²) in [4.78, 5) is 4.25. The zero-order valence-corrected chi connectivity index (χ0v) is 17.1. The van der Waals surface area contributed by atoms with Gasteiger partial charge in [0.25, 0.3) is 0 Å². The van der Waals surface area contributed by atoms with E-state index in [0.717, 1.165) is 30.2 Å². The van der Waals surface area contributed by atoms with Crippen LogP contribution in [0.2, 0.25) is 0 Å². The largest absolute Gasteiger partial charge is 0.489 e. The number of para-hydroxylation sites is 1. The van der Waals surface area contributed by atoms with Gasteiger partial charge in [-0.2, -0.15) is 5.10 Å². The molecule has 1 aromatic heterocycles. The van der Waals surface area contributed by atoms with E-state index in [-0.39, 0.29) is 24.0 Å². The first kappa shape index (κ1) is 21.0. The molecule has 0 aliphatic heterocycles. The van der Waals surface area contributed by atoms with Crippen molar-refractivity contribution < 1.29 is 4.74 Å². The summed E-state index contributed by atoms with van der Waals surface area (Å²) in [5.74, 6) is 1.62. The van der Waals surface area contributed by atoms with Gasteiger partial charge in [-0.05, 0) is 18.1 Å². The van der Waals surface area contributed by atoms with Crippen LogP contribution < -0.4 is 15.4 Å². The van der Waals surface area contributed by atoms with Crippen LogP contribution in [-0.4, -0.2) is 35.9 Å². The lowest BCUT2D eigenvalue weighted by molar-refractivity contribution is 0.358. The number of hydrogen-bond donors (Lipinski definition) is 2. The number of hydrogen-bond acceptors (Lipinski definition) is 3. The lowest BCUT2D eigenvalue weighted by atomic mass is 10.2. The van der Waals surface area contributed by atoms with Crippen molar-refractivity contribution in [3.8, 4) is 5.75 Å². The fraction of sp³-hybridized carbons (Fsp3) is 0.333. The maximum absolute atomic E-state index is 5.67. The van der Waals surface area contributed by atoms with E-state index in [1.54, 1.807) is 13.1 Å². The Labute approximate surface area is 166 Å². The summed E-state index contributed by atoms with van der Waals surface area (Å²) in [6, 6.07) is 7.95. The lowest BCUT2D eigenvalue weighted by Crippen LogP contribution is -2.37. The fourth-order valence-electron chi connectivity index (χ4n) is 2.27. The summed E-state index contributed by atoms with van der Waals surface area (Å²) in [7, 11) is 3.68. The molecule has 6 nitrogen and oxygen atoms in total. The fourth-order valence-corrected chi connectivity index (χ4v) is 2.27. The van der Waals surface area contributed by atoms with E-state index in [0.29, 0.717) is 13.2 Å². The zero-order chi connectivity index (χ0) is 17.2. The molecule has 0 unspecified atom stereocenters. The highest BCUT2D eigenvalue weighted by Crippen LogP contribution is 2.17. The average Bonchev–Trinajstić information content (AvgIpc) is 3.02. The van der Waals surface area contributed by atoms with E-state index in [4.69, 9.17) is 4.74 Å². The van der Waals surface area contributed by atoms with Crippen molar-refractivity contribution in [2.24, 2.45) is 12.0 Å². The lowest BCUT2D eigenvalue weighted by Gasteiger charge is -2.14.